The summed E-state index contributed by atoms with van der Waals surface area (Å²) in [5, 5.41) is 6.44. The van der Waals surface area contributed by atoms with Gasteiger partial charge in [0.05, 0.1) is 12.3 Å². The van der Waals surface area contributed by atoms with E-state index in [4.69, 9.17) is 0 Å². The Balaban J connectivity index is 1.84. The monoisotopic (exact) mass is 423 g/mol. The lowest BCUT2D eigenvalue weighted by atomic mass is 10.2. The first-order chi connectivity index (χ1) is 13.9. The van der Waals surface area contributed by atoms with Crippen LogP contribution in [0.1, 0.15) is 38.7 Å². The van der Waals surface area contributed by atoms with Crippen LogP contribution in [-0.2, 0) is 21.4 Å². The topological polar surface area (TPSA) is 94.1 Å². The minimum absolute atomic E-state index is 0.117. The maximum absolute atomic E-state index is 11.8. The van der Waals surface area contributed by atoms with Crippen LogP contribution >= 0.6 is 0 Å². The Kier molecular flexibility index (Phi) is 8.91. The normalized spacial score (nSPS) is 15.2. The third-order valence-electron chi connectivity index (χ3n) is 4.87. The molecule has 29 heavy (non-hydrogen) atoms. The molecule has 1 aliphatic rings. The lowest BCUT2D eigenvalue weighted by Gasteiger charge is -2.17. The Hall–Kier alpha value is -2.13. The molecule has 1 aromatic rings. The molecule has 1 fully saturated rings. The maximum Gasteiger partial charge on any atom is 0.227 e. The van der Waals surface area contributed by atoms with Crippen LogP contribution in [0.4, 0.5) is 5.69 Å². The first-order valence-electron chi connectivity index (χ1n) is 10.2. The number of nitrogens with one attached hydrogen (secondary N) is 2. The molecule has 2 rings (SSSR count). The van der Waals surface area contributed by atoms with Crippen molar-refractivity contribution in [2.75, 3.05) is 43.9 Å². The van der Waals surface area contributed by atoms with E-state index in [0.29, 0.717) is 38.4 Å². The smallest absolute Gasteiger partial charge is 0.227 e. The number of sulfonamides is 1. The van der Waals surface area contributed by atoms with E-state index in [0.717, 1.165) is 30.8 Å². The molecule has 0 saturated carbocycles. The summed E-state index contributed by atoms with van der Waals surface area (Å²) < 4.78 is 24.9. The van der Waals surface area contributed by atoms with Gasteiger partial charge < -0.3 is 15.5 Å². The predicted molar refractivity (Wildman–Crippen MR) is 118 cm³/mol. The third kappa shape index (κ3) is 7.01. The molecule has 162 valence electrons. The molecule has 2 N–H and O–H groups in total. The van der Waals surface area contributed by atoms with Gasteiger partial charge in [0.25, 0.3) is 0 Å². The molecule has 8 nitrogen and oxygen atoms in total. The van der Waals surface area contributed by atoms with Gasteiger partial charge in [-0.3, -0.25) is 4.79 Å². The van der Waals surface area contributed by atoms with Crippen LogP contribution in [-0.4, -0.2) is 63.6 Å². The molecule has 0 unspecified atom stereocenters. The fraction of sp³-hybridized carbons (Fsp3) is 0.600. The highest BCUT2D eigenvalue weighted by Crippen LogP contribution is 2.21. The number of carbonyl (C=O) groups excluding carboxylic acids is 1. The summed E-state index contributed by atoms with van der Waals surface area (Å²) in [6.07, 6.45) is 2.24. The van der Waals surface area contributed by atoms with E-state index in [-0.39, 0.29) is 11.7 Å². The third-order valence-corrected chi connectivity index (χ3v) is 6.73. The van der Waals surface area contributed by atoms with Gasteiger partial charge in [0, 0.05) is 45.3 Å². The number of benzene rings is 1. The van der Waals surface area contributed by atoms with Gasteiger partial charge in [-0.2, -0.15) is 0 Å². The highest BCUT2D eigenvalue weighted by molar-refractivity contribution is 7.89. The van der Waals surface area contributed by atoms with Gasteiger partial charge in [0.2, 0.25) is 15.9 Å². The molecule has 1 amide bonds. The molecular weight excluding hydrogens is 390 g/mol. The van der Waals surface area contributed by atoms with Crippen LogP contribution < -0.4 is 15.5 Å². The van der Waals surface area contributed by atoms with E-state index in [1.165, 1.54) is 4.31 Å². The lowest BCUT2D eigenvalue weighted by molar-refractivity contribution is -0.117. The van der Waals surface area contributed by atoms with Gasteiger partial charge in [0.15, 0.2) is 5.96 Å². The molecule has 1 heterocycles. The number of amides is 1. The van der Waals surface area contributed by atoms with Crippen molar-refractivity contribution in [3.63, 3.8) is 0 Å². The van der Waals surface area contributed by atoms with E-state index in [1.807, 2.05) is 36.1 Å². The zero-order valence-electron chi connectivity index (χ0n) is 17.6. The molecule has 0 radical (unpaired) electrons. The van der Waals surface area contributed by atoms with Crippen LogP contribution in [0.25, 0.3) is 0 Å². The van der Waals surface area contributed by atoms with Crippen molar-refractivity contribution in [2.45, 2.75) is 39.7 Å². The Morgan fingerprint density at radius 3 is 2.52 bits per heavy atom. The van der Waals surface area contributed by atoms with E-state index in [2.05, 4.69) is 15.6 Å². The zero-order valence-corrected chi connectivity index (χ0v) is 18.5. The van der Waals surface area contributed by atoms with E-state index in [1.54, 1.807) is 14.0 Å². The highest BCUT2D eigenvalue weighted by atomic mass is 32.2. The quantitative estimate of drug-likeness (QED) is 0.338. The largest absolute Gasteiger partial charge is 0.357 e. The summed E-state index contributed by atoms with van der Waals surface area (Å²) in [7, 11) is -1.52. The second kappa shape index (κ2) is 11.2. The minimum atomic E-state index is -3.13. The van der Waals surface area contributed by atoms with Crippen molar-refractivity contribution in [1.29, 1.82) is 0 Å². The molecule has 0 aromatic heterocycles. The molecule has 0 aliphatic carbocycles. The number of hydrogen-bond acceptors (Lipinski definition) is 4. The van der Waals surface area contributed by atoms with Crippen molar-refractivity contribution in [3.05, 3.63) is 29.8 Å². The summed E-state index contributed by atoms with van der Waals surface area (Å²) in [5.41, 5.74) is 2.00. The average molecular weight is 424 g/mol. The van der Waals surface area contributed by atoms with Crippen molar-refractivity contribution < 1.29 is 13.2 Å². The van der Waals surface area contributed by atoms with Gasteiger partial charge in [-0.25, -0.2) is 17.7 Å². The van der Waals surface area contributed by atoms with Gasteiger partial charge >= 0.3 is 0 Å². The van der Waals surface area contributed by atoms with E-state index >= 15 is 0 Å². The second-order valence-electron chi connectivity index (χ2n) is 7.01. The summed E-state index contributed by atoms with van der Waals surface area (Å²) >= 11 is 0. The van der Waals surface area contributed by atoms with E-state index in [9.17, 15) is 13.2 Å². The van der Waals surface area contributed by atoms with Crippen molar-refractivity contribution in [3.8, 4) is 0 Å². The second-order valence-corrected chi connectivity index (χ2v) is 9.38. The van der Waals surface area contributed by atoms with Crippen LogP contribution in [0.3, 0.4) is 0 Å². The molecule has 1 aromatic carbocycles. The molecular formula is C20H33N5O3S. The van der Waals surface area contributed by atoms with Gasteiger partial charge in [-0.15, -0.1) is 0 Å². The number of nitrogens with zero attached hydrogens (tertiary/aromatic N) is 3. The number of hydrogen-bond donors (Lipinski definition) is 2. The Labute approximate surface area is 174 Å². The number of guanidine groups is 1. The molecule has 0 bridgehead atoms. The summed E-state index contributed by atoms with van der Waals surface area (Å²) in [4.78, 5) is 18.3. The van der Waals surface area contributed by atoms with Crippen LogP contribution in [0.2, 0.25) is 0 Å². The summed E-state index contributed by atoms with van der Waals surface area (Å²) in [6, 6.07) is 7.94. The first-order valence-corrected chi connectivity index (χ1v) is 11.8. The van der Waals surface area contributed by atoms with Crippen molar-refractivity contribution in [2.24, 2.45) is 4.99 Å². The molecule has 9 heteroatoms. The molecule has 1 aliphatic heterocycles. The van der Waals surface area contributed by atoms with Crippen LogP contribution in [0.15, 0.2) is 29.3 Å². The summed E-state index contributed by atoms with van der Waals surface area (Å²) in [6.45, 7) is 6.81. The number of anilines is 1. The summed E-state index contributed by atoms with van der Waals surface area (Å²) in [5.74, 6) is 1.00. The van der Waals surface area contributed by atoms with Crippen LogP contribution in [0.5, 0.6) is 0 Å². The first kappa shape index (κ1) is 23.2. The fourth-order valence-corrected chi connectivity index (χ4v) is 3.93. The molecule has 0 atom stereocenters. The van der Waals surface area contributed by atoms with Crippen molar-refractivity contribution in [1.82, 2.24) is 14.9 Å². The zero-order chi connectivity index (χ0) is 21.3. The predicted octanol–water partition coefficient (Wildman–Crippen LogP) is 1.54. The number of aliphatic imine (C=N–C) groups is 1. The Morgan fingerprint density at radius 2 is 1.93 bits per heavy atom. The van der Waals surface area contributed by atoms with E-state index < -0.39 is 10.0 Å². The molecule has 0 spiro atoms. The lowest BCUT2D eigenvalue weighted by Crippen LogP contribution is -2.39. The standard InChI is InChI=1S/C20H33N5O3S/c1-4-21-20(22-13-7-14-24(3)29(27,28)5-2)23-16-17-9-11-18(12-10-17)25-15-6-8-19(25)26/h9-12H,4-8,13-16H2,1-3H3,(H2,21,22,23). The highest BCUT2D eigenvalue weighted by Gasteiger charge is 2.21. The van der Waals surface area contributed by atoms with Gasteiger partial charge in [-0.1, -0.05) is 12.1 Å². The average Bonchev–Trinajstić information content (AvgIpc) is 3.15. The van der Waals surface area contributed by atoms with Crippen LogP contribution in [0, 0.1) is 0 Å². The number of carbonyl (C=O) groups is 1. The Morgan fingerprint density at radius 1 is 1.21 bits per heavy atom. The SMILES string of the molecule is CCNC(=NCc1ccc(N2CCCC2=O)cc1)NCCCN(C)S(=O)(=O)CC. The molecule has 1 saturated heterocycles. The van der Waals surface area contributed by atoms with Gasteiger partial charge in [0.1, 0.15) is 0 Å². The Bertz CT molecular complexity index is 793. The minimum Gasteiger partial charge on any atom is -0.357 e. The van der Waals surface area contributed by atoms with Gasteiger partial charge in [-0.05, 0) is 44.4 Å². The fourth-order valence-electron chi connectivity index (χ4n) is 3.08. The number of rotatable bonds is 10. The van der Waals surface area contributed by atoms with Crippen molar-refractivity contribution >= 4 is 27.6 Å². The maximum atomic E-state index is 11.8.